The lowest BCUT2D eigenvalue weighted by Gasteiger charge is -2.14. The van der Waals surface area contributed by atoms with Gasteiger partial charge in [0.1, 0.15) is 6.29 Å². The van der Waals surface area contributed by atoms with Crippen molar-refractivity contribution in [2.75, 3.05) is 0 Å². The highest BCUT2D eigenvalue weighted by atomic mass is 16.1. The van der Waals surface area contributed by atoms with Crippen LogP contribution in [0.4, 0.5) is 0 Å². The molecule has 1 unspecified atom stereocenters. The number of carbonyl (C=O) groups excluding carboxylic acids is 2. The van der Waals surface area contributed by atoms with Gasteiger partial charge in [0.15, 0.2) is 0 Å². The van der Waals surface area contributed by atoms with Crippen molar-refractivity contribution in [2.45, 2.75) is 26.3 Å². The molecule has 3 heteroatoms. The molecule has 0 aromatic heterocycles. The monoisotopic (exact) mass is 143 g/mol. The molecule has 1 amide bonds. The average molecular weight is 143 g/mol. The lowest BCUT2D eigenvalue weighted by molar-refractivity contribution is -0.116. The largest absolute Gasteiger partial charge is 0.349 e. The van der Waals surface area contributed by atoms with Gasteiger partial charge in [-0.15, -0.1) is 0 Å². The van der Waals surface area contributed by atoms with Crippen LogP contribution in [0.3, 0.4) is 0 Å². The lowest BCUT2D eigenvalue weighted by Crippen LogP contribution is -2.34. The Labute approximate surface area is 60.8 Å². The molecule has 0 rings (SSSR count). The Morgan fingerprint density at radius 3 is 2.40 bits per heavy atom. The third kappa shape index (κ3) is 2.62. The van der Waals surface area contributed by atoms with Crippen molar-refractivity contribution in [3.8, 4) is 0 Å². The van der Waals surface area contributed by atoms with Gasteiger partial charge in [-0.1, -0.05) is 20.3 Å². The van der Waals surface area contributed by atoms with Crippen molar-refractivity contribution in [3.63, 3.8) is 0 Å². The zero-order valence-corrected chi connectivity index (χ0v) is 6.33. The van der Waals surface area contributed by atoms with Crippen LogP contribution >= 0.6 is 0 Å². The molecule has 0 saturated carbocycles. The number of nitrogens with one attached hydrogen (secondary N) is 1. The summed E-state index contributed by atoms with van der Waals surface area (Å²) in [6.45, 7) is 3.91. The third-order valence-corrected chi connectivity index (χ3v) is 1.66. The Morgan fingerprint density at radius 2 is 2.10 bits per heavy atom. The SMILES string of the molecule is CC[C@H](C)C(C=O)NC=O. The molecule has 58 valence electrons. The summed E-state index contributed by atoms with van der Waals surface area (Å²) < 4.78 is 0. The van der Waals surface area contributed by atoms with Crippen molar-refractivity contribution in [1.82, 2.24) is 5.32 Å². The number of rotatable bonds is 5. The van der Waals surface area contributed by atoms with Crippen LogP contribution in [0.15, 0.2) is 0 Å². The Kier molecular flexibility index (Phi) is 4.54. The summed E-state index contributed by atoms with van der Waals surface area (Å²) in [5.74, 6) is 0.225. The Balaban J connectivity index is 3.78. The number of hydrogen-bond acceptors (Lipinski definition) is 2. The molecule has 0 bridgehead atoms. The first kappa shape index (κ1) is 9.14. The van der Waals surface area contributed by atoms with Gasteiger partial charge in [0.2, 0.25) is 6.41 Å². The fraction of sp³-hybridized carbons (Fsp3) is 0.714. The third-order valence-electron chi connectivity index (χ3n) is 1.66. The van der Waals surface area contributed by atoms with Gasteiger partial charge in [-0.05, 0) is 5.92 Å². The predicted molar refractivity (Wildman–Crippen MR) is 38.5 cm³/mol. The number of carbonyl (C=O) groups is 2. The van der Waals surface area contributed by atoms with Crippen LogP contribution in [-0.4, -0.2) is 18.7 Å². The molecular formula is C7H13NO2. The van der Waals surface area contributed by atoms with E-state index in [4.69, 9.17) is 0 Å². The molecule has 2 atom stereocenters. The molecule has 1 N–H and O–H groups in total. The number of hydrogen-bond donors (Lipinski definition) is 1. The van der Waals surface area contributed by atoms with Crippen LogP contribution in [0.2, 0.25) is 0 Å². The highest BCUT2D eigenvalue weighted by molar-refractivity contribution is 5.63. The molecular weight excluding hydrogens is 130 g/mol. The smallest absolute Gasteiger partial charge is 0.207 e. The molecule has 0 radical (unpaired) electrons. The van der Waals surface area contributed by atoms with Crippen molar-refractivity contribution in [2.24, 2.45) is 5.92 Å². The van der Waals surface area contributed by atoms with Crippen LogP contribution in [0.5, 0.6) is 0 Å². The van der Waals surface area contributed by atoms with E-state index in [1.165, 1.54) is 0 Å². The van der Waals surface area contributed by atoms with E-state index in [0.717, 1.165) is 12.7 Å². The van der Waals surface area contributed by atoms with E-state index < -0.39 is 0 Å². The fourth-order valence-corrected chi connectivity index (χ4v) is 0.670. The minimum absolute atomic E-state index is 0.225. The van der Waals surface area contributed by atoms with Crippen molar-refractivity contribution >= 4 is 12.7 Å². The second kappa shape index (κ2) is 4.97. The van der Waals surface area contributed by atoms with Gasteiger partial charge in [0.05, 0.1) is 6.04 Å². The summed E-state index contributed by atoms with van der Waals surface area (Å²) >= 11 is 0. The van der Waals surface area contributed by atoms with E-state index in [1.54, 1.807) is 0 Å². The molecule has 0 saturated heterocycles. The van der Waals surface area contributed by atoms with Crippen LogP contribution < -0.4 is 5.32 Å². The van der Waals surface area contributed by atoms with Gasteiger partial charge in [-0.25, -0.2) is 0 Å². The zero-order valence-electron chi connectivity index (χ0n) is 6.33. The minimum atomic E-state index is -0.317. The van der Waals surface area contributed by atoms with E-state index in [1.807, 2.05) is 13.8 Å². The second-order valence-electron chi connectivity index (χ2n) is 2.33. The summed E-state index contributed by atoms with van der Waals surface area (Å²) in [4.78, 5) is 20.2. The van der Waals surface area contributed by atoms with E-state index >= 15 is 0 Å². The quantitative estimate of drug-likeness (QED) is 0.564. The van der Waals surface area contributed by atoms with Gasteiger partial charge < -0.3 is 10.1 Å². The van der Waals surface area contributed by atoms with Gasteiger partial charge >= 0.3 is 0 Å². The van der Waals surface area contributed by atoms with Crippen LogP contribution in [0, 0.1) is 5.92 Å². The Morgan fingerprint density at radius 1 is 1.50 bits per heavy atom. The molecule has 0 aliphatic carbocycles. The van der Waals surface area contributed by atoms with Crippen molar-refractivity contribution in [3.05, 3.63) is 0 Å². The molecule has 0 fully saturated rings. The van der Waals surface area contributed by atoms with E-state index in [9.17, 15) is 9.59 Å². The van der Waals surface area contributed by atoms with E-state index in [2.05, 4.69) is 5.32 Å². The number of aldehydes is 1. The molecule has 3 nitrogen and oxygen atoms in total. The normalized spacial score (nSPS) is 15.4. The zero-order chi connectivity index (χ0) is 7.98. The molecule has 0 spiro atoms. The summed E-state index contributed by atoms with van der Waals surface area (Å²) in [5.41, 5.74) is 0. The van der Waals surface area contributed by atoms with E-state index in [-0.39, 0.29) is 12.0 Å². The maximum atomic E-state index is 10.3. The van der Waals surface area contributed by atoms with Gasteiger partial charge in [-0.3, -0.25) is 4.79 Å². The maximum absolute atomic E-state index is 10.3. The second-order valence-corrected chi connectivity index (χ2v) is 2.33. The first-order valence-corrected chi connectivity index (χ1v) is 3.41. The summed E-state index contributed by atoms with van der Waals surface area (Å²) in [5, 5.41) is 2.43. The lowest BCUT2D eigenvalue weighted by atomic mass is 10.0. The summed E-state index contributed by atoms with van der Waals surface area (Å²) in [6.07, 6.45) is 2.22. The molecule has 10 heavy (non-hydrogen) atoms. The number of amides is 1. The molecule has 0 aliphatic heterocycles. The average Bonchev–Trinajstić information content (AvgIpc) is 1.99. The highest BCUT2D eigenvalue weighted by Gasteiger charge is 2.12. The molecule has 0 aromatic rings. The van der Waals surface area contributed by atoms with Crippen LogP contribution in [0.25, 0.3) is 0 Å². The van der Waals surface area contributed by atoms with Crippen LogP contribution in [0.1, 0.15) is 20.3 Å². The van der Waals surface area contributed by atoms with Crippen molar-refractivity contribution in [1.29, 1.82) is 0 Å². The van der Waals surface area contributed by atoms with Gasteiger partial charge in [0.25, 0.3) is 0 Å². The van der Waals surface area contributed by atoms with Crippen LogP contribution in [-0.2, 0) is 9.59 Å². The summed E-state index contributed by atoms with van der Waals surface area (Å²) in [6, 6.07) is -0.317. The fourth-order valence-electron chi connectivity index (χ4n) is 0.670. The van der Waals surface area contributed by atoms with Gasteiger partial charge in [0, 0.05) is 0 Å². The topological polar surface area (TPSA) is 46.2 Å². The first-order chi connectivity index (χ1) is 4.76. The predicted octanol–water partition coefficient (Wildman–Crippen LogP) is 0.346. The van der Waals surface area contributed by atoms with Crippen molar-refractivity contribution < 1.29 is 9.59 Å². The Bertz CT molecular complexity index is 114. The van der Waals surface area contributed by atoms with Gasteiger partial charge in [-0.2, -0.15) is 0 Å². The summed E-state index contributed by atoms with van der Waals surface area (Å²) in [7, 11) is 0. The first-order valence-electron chi connectivity index (χ1n) is 3.41. The van der Waals surface area contributed by atoms with E-state index in [0.29, 0.717) is 6.41 Å². The molecule has 0 aromatic carbocycles. The Hall–Kier alpha value is -0.860. The molecule has 0 aliphatic rings. The highest BCUT2D eigenvalue weighted by Crippen LogP contribution is 2.03. The molecule has 0 heterocycles. The maximum Gasteiger partial charge on any atom is 0.207 e. The standard InChI is InChI=1S/C7H13NO2/c1-3-6(2)7(4-9)8-5-10/h4-7H,3H2,1-2H3,(H,8,10)/t6-,7?/m0/s1. The minimum Gasteiger partial charge on any atom is -0.349 e.